The predicted molar refractivity (Wildman–Crippen MR) is 96.8 cm³/mol. The van der Waals surface area contributed by atoms with Crippen molar-refractivity contribution in [1.29, 1.82) is 0 Å². The maximum atomic E-state index is 10.0. The number of fused-ring (bicyclic) bond motifs is 1. The van der Waals surface area contributed by atoms with Gasteiger partial charge in [-0.3, -0.25) is 0 Å². The molecule has 0 aliphatic carbocycles. The minimum atomic E-state index is -0.604. The van der Waals surface area contributed by atoms with Crippen LogP contribution in [-0.2, 0) is 4.74 Å². The van der Waals surface area contributed by atoms with Crippen LogP contribution in [0.2, 0.25) is 0 Å². The van der Waals surface area contributed by atoms with Crippen LogP contribution in [0.15, 0.2) is 42.9 Å². The quantitative estimate of drug-likeness (QED) is 0.654. The average Bonchev–Trinajstić information content (AvgIpc) is 3.05. The van der Waals surface area contributed by atoms with Gasteiger partial charge in [0.15, 0.2) is 5.65 Å². The molecule has 2 heterocycles. The summed E-state index contributed by atoms with van der Waals surface area (Å²) in [6, 6.07) is 9.81. The normalized spacial score (nSPS) is 12.6. The van der Waals surface area contributed by atoms with E-state index in [4.69, 9.17) is 4.74 Å². The fraction of sp³-hybridized carbons (Fsp3) is 0.389. The molecule has 2 aromatic heterocycles. The fourth-order valence-corrected chi connectivity index (χ4v) is 2.46. The largest absolute Gasteiger partial charge is 0.389 e. The second kappa shape index (κ2) is 8.04. The van der Waals surface area contributed by atoms with Crippen LogP contribution in [0, 0.1) is 5.92 Å². The van der Waals surface area contributed by atoms with Crippen molar-refractivity contribution in [3.63, 3.8) is 0 Å². The molecule has 25 heavy (non-hydrogen) atoms. The summed E-state index contributed by atoms with van der Waals surface area (Å²) in [4.78, 5) is 8.60. The fourth-order valence-electron chi connectivity index (χ4n) is 2.46. The highest BCUT2D eigenvalue weighted by atomic mass is 16.5. The molecule has 7 nitrogen and oxygen atoms in total. The van der Waals surface area contributed by atoms with Gasteiger partial charge in [-0.25, -0.2) is 14.6 Å². The van der Waals surface area contributed by atoms with Crippen LogP contribution in [0.4, 0.5) is 5.82 Å². The molecule has 3 aromatic rings. The van der Waals surface area contributed by atoms with E-state index in [0.717, 1.165) is 11.1 Å². The van der Waals surface area contributed by atoms with Crippen LogP contribution in [-0.4, -0.2) is 50.7 Å². The number of aliphatic hydroxyl groups is 1. The van der Waals surface area contributed by atoms with Gasteiger partial charge >= 0.3 is 0 Å². The van der Waals surface area contributed by atoms with Crippen LogP contribution in [0.3, 0.4) is 0 Å². The van der Waals surface area contributed by atoms with Gasteiger partial charge in [-0.1, -0.05) is 32.0 Å². The zero-order valence-corrected chi connectivity index (χ0v) is 14.5. The molecule has 1 atom stereocenters. The summed E-state index contributed by atoms with van der Waals surface area (Å²) in [5.74, 6) is 1.10. The van der Waals surface area contributed by atoms with Crippen molar-refractivity contribution in [2.75, 3.05) is 25.1 Å². The highest BCUT2D eigenvalue weighted by molar-refractivity contribution is 5.87. The Kier molecular flexibility index (Phi) is 5.57. The second-order valence-corrected chi connectivity index (χ2v) is 6.32. The van der Waals surface area contributed by atoms with Gasteiger partial charge in [-0.2, -0.15) is 5.10 Å². The van der Waals surface area contributed by atoms with Crippen LogP contribution in [0.25, 0.3) is 16.7 Å². The van der Waals surface area contributed by atoms with Crippen molar-refractivity contribution >= 4 is 16.9 Å². The molecule has 0 unspecified atom stereocenters. The Bertz CT molecular complexity index is 804. The first-order valence-corrected chi connectivity index (χ1v) is 8.39. The third-order valence-corrected chi connectivity index (χ3v) is 3.63. The van der Waals surface area contributed by atoms with Crippen LogP contribution >= 0.6 is 0 Å². The summed E-state index contributed by atoms with van der Waals surface area (Å²) < 4.78 is 7.22. The number of aromatic nitrogens is 4. The Morgan fingerprint density at radius 3 is 2.72 bits per heavy atom. The molecule has 0 fully saturated rings. The smallest absolute Gasteiger partial charge is 0.168 e. The van der Waals surface area contributed by atoms with Gasteiger partial charge in [0.1, 0.15) is 12.1 Å². The summed E-state index contributed by atoms with van der Waals surface area (Å²) >= 11 is 0. The van der Waals surface area contributed by atoms with Crippen molar-refractivity contribution < 1.29 is 9.84 Å². The zero-order valence-electron chi connectivity index (χ0n) is 14.5. The summed E-state index contributed by atoms with van der Waals surface area (Å²) in [6.07, 6.45) is 2.62. The Labute approximate surface area is 146 Å². The van der Waals surface area contributed by atoms with E-state index in [1.54, 1.807) is 10.9 Å². The molecular weight excluding hydrogens is 318 g/mol. The number of hydrogen-bond donors (Lipinski definition) is 2. The van der Waals surface area contributed by atoms with E-state index in [2.05, 4.69) is 34.2 Å². The Morgan fingerprint density at radius 1 is 1.16 bits per heavy atom. The number of benzene rings is 1. The number of rotatable bonds is 8. The minimum Gasteiger partial charge on any atom is -0.389 e. The molecule has 132 valence electrons. The second-order valence-electron chi connectivity index (χ2n) is 6.32. The molecule has 3 rings (SSSR count). The number of anilines is 1. The molecule has 0 radical (unpaired) electrons. The maximum Gasteiger partial charge on any atom is 0.168 e. The van der Waals surface area contributed by atoms with Gasteiger partial charge in [0.05, 0.1) is 30.0 Å². The molecule has 0 spiro atoms. The molecular formula is C18H23N5O2. The van der Waals surface area contributed by atoms with Crippen molar-refractivity contribution in [1.82, 2.24) is 19.7 Å². The summed E-state index contributed by atoms with van der Waals surface area (Å²) in [7, 11) is 0. The van der Waals surface area contributed by atoms with E-state index in [1.807, 2.05) is 30.3 Å². The number of hydrogen-bond acceptors (Lipinski definition) is 6. The first-order valence-electron chi connectivity index (χ1n) is 8.39. The summed E-state index contributed by atoms with van der Waals surface area (Å²) in [5.41, 5.74) is 1.65. The molecule has 0 saturated carbocycles. The van der Waals surface area contributed by atoms with Crippen molar-refractivity contribution in [2.24, 2.45) is 5.92 Å². The van der Waals surface area contributed by atoms with Gasteiger partial charge in [0.25, 0.3) is 0 Å². The van der Waals surface area contributed by atoms with Crippen LogP contribution < -0.4 is 5.32 Å². The molecule has 0 aliphatic heterocycles. The van der Waals surface area contributed by atoms with Gasteiger partial charge < -0.3 is 15.2 Å². The monoisotopic (exact) mass is 341 g/mol. The first kappa shape index (κ1) is 17.3. The van der Waals surface area contributed by atoms with E-state index >= 15 is 0 Å². The standard InChI is InChI=1S/C18H23N5O2/c1-13(2)10-25-11-15(24)8-19-17-16-9-22-23(18(16)21-12-20-17)14-6-4-3-5-7-14/h3-7,9,12-13,15,24H,8,10-11H2,1-2H3,(H,19,20,21)/t15-/m1/s1. The minimum absolute atomic E-state index is 0.294. The van der Waals surface area contributed by atoms with Gasteiger partial charge in [-0.15, -0.1) is 0 Å². The van der Waals surface area contributed by atoms with Crippen molar-refractivity contribution in [2.45, 2.75) is 20.0 Å². The first-order chi connectivity index (χ1) is 12.1. The molecule has 0 bridgehead atoms. The SMILES string of the molecule is CC(C)COC[C@H](O)CNc1ncnc2c1cnn2-c1ccccc1. The lowest BCUT2D eigenvalue weighted by Gasteiger charge is -2.14. The lowest BCUT2D eigenvalue weighted by atomic mass is 10.2. The van der Waals surface area contributed by atoms with E-state index in [9.17, 15) is 5.11 Å². The average molecular weight is 341 g/mol. The summed E-state index contributed by atoms with van der Waals surface area (Å²) in [6.45, 7) is 5.43. The molecule has 0 amide bonds. The van der Waals surface area contributed by atoms with Crippen molar-refractivity contribution in [3.05, 3.63) is 42.9 Å². The van der Waals surface area contributed by atoms with E-state index in [-0.39, 0.29) is 0 Å². The Morgan fingerprint density at radius 2 is 1.96 bits per heavy atom. The zero-order chi connectivity index (χ0) is 17.6. The van der Waals surface area contributed by atoms with Gasteiger partial charge in [-0.05, 0) is 18.1 Å². The molecule has 0 saturated heterocycles. The molecule has 2 N–H and O–H groups in total. The lowest BCUT2D eigenvalue weighted by Crippen LogP contribution is -2.26. The van der Waals surface area contributed by atoms with E-state index in [1.165, 1.54) is 6.33 Å². The van der Waals surface area contributed by atoms with E-state index < -0.39 is 6.10 Å². The highest BCUT2D eigenvalue weighted by Gasteiger charge is 2.12. The van der Waals surface area contributed by atoms with E-state index in [0.29, 0.717) is 37.1 Å². The molecule has 0 aliphatic rings. The predicted octanol–water partition coefficient (Wildman–Crippen LogP) is 2.26. The van der Waals surface area contributed by atoms with Crippen LogP contribution in [0.1, 0.15) is 13.8 Å². The lowest BCUT2D eigenvalue weighted by molar-refractivity contribution is 0.0317. The van der Waals surface area contributed by atoms with Gasteiger partial charge in [0, 0.05) is 13.2 Å². The molecule has 7 heteroatoms. The molecule has 1 aromatic carbocycles. The number of aliphatic hydroxyl groups excluding tert-OH is 1. The number of ether oxygens (including phenoxy) is 1. The van der Waals surface area contributed by atoms with Gasteiger partial charge in [0.2, 0.25) is 0 Å². The number of para-hydroxylation sites is 1. The topological polar surface area (TPSA) is 85.1 Å². The highest BCUT2D eigenvalue weighted by Crippen LogP contribution is 2.21. The third kappa shape index (κ3) is 4.32. The number of nitrogens with one attached hydrogen (secondary N) is 1. The van der Waals surface area contributed by atoms with Crippen LogP contribution in [0.5, 0.6) is 0 Å². The summed E-state index contributed by atoms with van der Waals surface area (Å²) in [5, 5.41) is 18.4. The third-order valence-electron chi connectivity index (χ3n) is 3.63. The maximum absolute atomic E-state index is 10.0. The Balaban J connectivity index is 1.70. The van der Waals surface area contributed by atoms with Crippen molar-refractivity contribution in [3.8, 4) is 5.69 Å². The Hall–Kier alpha value is -2.51. The number of nitrogens with zero attached hydrogens (tertiary/aromatic N) is 4.